The summed E-state index contributed by atoms with van der Waals surface area (Å²) in [5.74, 6) is -0.554. The number of rotatable bonds is 10. The number of nitrogens with two attached hydrogens (primary N) is 1. The third-order valence-electron chi connectivity index (χ3n) is 6.81. The van der Waals surface area contributed by atoms with Gasteiger partial charge in [-0.1, -0.05) is 29.8 Å². The number of nitrogens with one attached hydrogen (secondary N) is 1. The Balaban J connectivity index is 1.42. The average molecular weight is 548 g/mol. The van der Waals surface area contributed by atoms with Gasteiger partial charge < -0.3 is 25.5 Å². The summed E-state index contributed by atoms with van der Waals surface area (Å²) in [6, 6.07) is 14.5. The number of fused-ring (bicyclic) bond motifs is 2. The second-order valence-corrected chi connectivity index (χ2v) is 11.2. The summed E-state index contributed by atoms with van der Waals surface area (Å²) in [5, 5.41) is 15.4. The highest BCUT2D eigenvalue weighted by Gasteiger charge is 2.26. The number of primary amides is 1. The van der Waals surface area contributed by atoms with Crippen molar-refractivity contribution in [2.75, 3.05) is 13.2 Å². The average Bonchev–Trinajstić information content (AvgIpc) is 3.67. The molecule has 1 fully saturated rings. The van der Waals surface area contributed by atoms with Crippen LogP contribution in [0.5, 0.6) is 5.75 Å². The number of carbonyl (C=O) groups excluding carboxylic acids is 3. The van der Waals surface area contributed by atoms with Crippen LogP contribution in [0.15, 0.2) is 54.7 Å². The van der Waals surface area contributed by atoms with E-state index in [-0.39, 0.29) is 42.7 Å². The molecule has 1 aromatic heterocycles. The Morgan fingerprint density at radius 1 is 1.08 bits per heavy atom. The van der Waals surface area contributed by atoms with Gasteiger partial charge in [0.05, 0.1) is 11.2 Å². The molecule has 4 N–H and O–H groups in total. The van der Waals surface area contributed by atoms with Crippen LogP contribution in [0.3, 0.4) is 0 Å². The maximum Gasteiger partial charge on any atom is 0.252 e. The first kappa shape index (κ1) is 26.7. The van der Waals surface area contributed by atoms with Gasteiger partial charge >= 0.3 is 0 Å². The summed E-state index contributed by atoms with van der Waals surface area (Å²) in [4.78, 5) is 38.2. The Morgan fingerprint density at radius 2 is 1.85 bits per heavy atom. The van der Waals surface area contributed by atoms with Crippen molar-refractivity contribution in [2.45, 2.75) is 44.8 Å². The zero-order chi connectivity index (χ0) is 27.9. The topological polar surface area (TPSA) is 124 Å². The number of ketones is 1. The standard InChI is InChI=1S/C30H30ClN3O5/c1-30(2,38)16-33-28(36)14-34-13-24(22-8-6-18(11-25(22)34)17-3-4-17)26(35)15-39-27-12-19-5-7-21(31)9-20(19)10-23(27)29(32)37/h5-13,17,38H,3-4,14-16H2,1-2H3,(H2,32,37)(H,33,36). The van der Waals surface area contributed by atoms with Crippen molar-refractivity contribution in [1.82, 2.24) is 9.88 Å². The molecule has 9 heteroatoms. The second kappa shape index (κ2) is 10.4. The summed E-state index contributed by atoms with van der Waals surface area (Å²) >= 11 is 6.08. The molecule has 5 rings (SSSR count). The van der Waals surface area contributed by atoms with Crippen LogP contribution in [0, 0.1) is 0 Å². The molecule has 0 saturated heterocycles. The number of benzene rings is 3. The molecule has 0 bridgehead atoms. The van der Waals surface area contributed by atoms with Gasteiger partial charge in [0.1, 0.15) is 12.3 Å². The molecule has 2 amide bonds. The van der Waals surface area contributed by atoms with E-state index >= 15 is 0 Å². The molecular weight excluding hydrogens is 518 g/mol. The van der Waals surface area contributed by atoms with Gasteiger partial charge in [0, 0.05) is 34.2 Å². The van der Waals surface area contributed by atoms with E-state index in [9.17, 15) is 19.5 Å². The van der Waals surface area contributed by atoms with Gasteiger partial charge in [0.15, 0.2) is 6.61 Å². The Labute approximate surface area is 230 Å². The lowest BCUT2D eigenvalue weighted by molar-refractivity contribution is -0.122. The highest BCUT2D eigenvalue weighted by Crippen LogP contribution is 2.41. The molecule has 1 aliphatic carbocycles. The molecule has 3 aromatic carbocycles. The zero-order valence-corrected chi connectivity index (χ0v) is 22.5. The van der Waals surface area contributed by atoms with Crippen molar-refractivity contribution >= 4 is 50.9 Å². The third-order valence-corrected chi connectivity index (χ3v) is 7.05. The number of Topliss-reactive ketones (excluding diaryl/α,β-unsaturated/α-hetero) is 1. The van der Waals surface area contributed by atoms with Gasteiger partial charge in [0.25, 0.3) is 5.91 Å². The Bertz CT molecular complexity index is 1610. The lowest BCUT2D eigenvalue weighted by atomic mass is 10.0. The van der Waals surface area contributed by atoms with Crippen LogP contribution in [0.4, 0.5) is 0 Å². The van der Waals surface area contributed by atoms with E-state index < -0.39 is 11.5 Å². The Hall–Kier alpha value is -3.88. The van der Waals surface area contributed by atoms with Crippen molar-refractivity contribution in [3.05, 3.63) is 76.4 Å². The number of amides is 2. The first-order valence-electron chi connectivity index (χ1n) is 12.8. The lowest BCUT2D eigenvalue weighted by Gasteiger charge is -2.17. The number of hydrogen-bond donors (Lipinski definition) is 3. The minimum atomic E-state index is -1.04. The monoisotopic (exact) mass is 547 g/mol. The van der Waals surface area contributed by atoms with Crippen LogP contribution in [-0.2, 0) is 11.3 Å². The molecule has 0 atom stereocenters. The summed E-state index contributed by atoms with van der Waals surface area (Å²) < 4.78 is 7.59. The lowest BCUT2D eigenvalue weighted by Crippen LogP contribution is -2.39. The molecule has 4 aromatic rings. The zero-order valence-electron chi connectivity index (χ0n) is 21.8. The summed E-state index contributed by atoms with van der Waals surface area (Å²) in [6.07, 6.45) is 3.91. The molecule has 0 unspecified atom stereocenters. The van der Waals surface area contributed by atoms with Crippen LogP contribution < -0.4 is 15.8 Å². The highest BCUT2D eigenvalue weighted by molar-refractivity contribution is 6.31. The molecule has 0 aliphatic heterocycles. The van der Waals surface area contributed by atoms with Crippen LogP contribution in [0.2, 0.25) is 5.02 Å². The SMILES string of the molecule is CC(C)(O)CNC(=O)Cn1cc(C(=O)COc2cc3ccc(Cl)cc3cc2C(N)=O)c2ccc(C3CC3)cc21. The van der Waals surface area contributed by atoms with Crippen molar-refractivity contribution in [3.8, 4) is 5.75 Å². The number of aromatic nitrogens is 1. The molecule has 1 aliphatic rings. The minimum Gasteiger partial charge on any atom is -0.485 e. The van der Waals surface area contributed by atoms with E-state index in [1.807, 2.05) is 18.2 Å². The van der Waals surface area contributed by atoms with Crippen molar-refractivity contribution < 1.29 is 24.2 Å². The van der Waals surface area contributed by atoms with Crippen LogP contribution in [0.1, 0.15) is 58.9 Å². The van der Waals surface area contributed by atoms with E-state index in [2.05, 4.69) is 5.32 Å². The van der Waals surface area contributed by atoms with Crippen LogP contribution in [-0.4, -0.2) is 46.0 Å². The van der Waals surface area contributed by atoms with E-state index in [0.717, 1.165) is 29.1 Å². The van der Waals surface area contributed by atoms with Crippen molar-refractivity contribution in [3.63, 3.8) is 0 Å². The highest BCUT2D eigenvalue weighted by atomic mass is 35.5. The van der Waals surface area contributed by atoms with Gasteiger partial charge in [0.2, 0.25) is 11.7 Å². The van der Waals surface area contributed by atoms with Crippen molar-refractivity contribution in [1.29, 1.82) is 0 Å². The number of ether oxygens (including phenoxy) is 1. The predicted molar refractivity (Wildman–Crippen MR) is 151 cm³/mol. The fourth-order valence-corrected chi connectivity index (χ4v) is 4.82. The number of halogens is 1. The predicted octanol–water partition coefficient (Wildman–Crippen LogP) is 4.57. The van der Waals surface area contributed by atoms with E-state index in [0.29, 0.717) is 21.9 Å². The third kappa shape index (κ3) is 6.08. The Morgan fingerprint density at radius 3 is 2.54 bits per heavy atom. The van der Waals surface area contributed by atoms with Crippen LogP contribution in [0.25, 0.3) is 21.7 Å². The van der Waals surface area contributed by atoms with Crippen LogP contribution >= 0.6 is 11.6 Å². The summed E-state index contributed by atoms with van der Waals surface area (Å²) in [5.41, 5.74) is 7.07. The van der Waals surface area contributed by atoms with Gasteiger partial charge in [-0.3, -0.25) is 14.4 Å². The van der Waals surface area contributed by atoms with Gasteiger partial charge in [-0.2, -0.15) is 0 Å². The number of aliphatic hydroxyl groups is 1. The molecule has 1 heterocycles. The minimum absolute atomic E-state index is 0.00606. The molecule has 39 heavy (non-hydrogen) atoms. The number of carbonyl (C=O) groups is 3. The molecular formula is C30H30ClN3O5. The fraction of sp³-hybridized carbons (Fsp3) is 0.300. The van der Waals surface area contributed by atoms with Gasteiger partial charge in [-0.15, -0.1) is 0 Å². The quantitative estimate of drug-likeness (QED) is 0.251. The van der Waals surface area contributed by atoms with E-state index in [1.165, 1.54) is 5.56 Å². The maximum atomic E-state index is 13.4. The summed E-state index contributed by atoms with van der Waals surface area (Å²) in [7, 11) is 0. The molecule has 0 spiro atoms. The fourth-order valence-electron chi connectivity index (χ4n) is 4.64. The van der Waals surface area contributed by atoms with Crippen molar-refractivity contribution in [2.24, 2.45) is 5.73 Å². The molecule has 202 valence electrons. The second-order valence-electron chi connectivity index (χ2n) is 10.7. The molecule has 8 nitrogen and oxygen atoms in total. The van der Waals surface area contributed by atoms with Gasteiger partial charge in [-0.25, -0.2) is 0 Å². The normalized spacial score (nSPS) is 13.5. The first-order chi connectivity index (χ1) is 18.5. The number of nitrogens with zero attached hydrogens (tertiary/aromatic N) is 1. The maximum absolute atomic E-state index is 13.4. The van der Waals surface area contributed by atoms with E-state index in [1.54, 1.807) is 54.9 Å². The van der Waals surface area contributed by atoms with E-state index in [4.69, 9.17) is 22.1 Å². The molecule has 0 radical (unpaired) electrons. The largest absolute Gasteiger partial charge is 0.485 e. The number of hydrogen-bond acceptors (Lipinski definition) is 5. The Kier molecular flexibility index (Phi) is 7.09. The molecule has 1 saturated carbocycles. The smallest absolute Gasteiger partial charge is 0.252 e. The van der Waals surface area contributed by atoms with Gasteiger partial charge in [-0.05, 0) is 79.3 Å². The first-order valence-corrected chi connectivity index (χ1v) is 13.2. The summed E-state index contributed by atoms with van der Waals surface area (Å²) in [6.45, 7) is 3.01.